The van der Waals surface area contributed by atoms with E-state index >= 15 is 0 Å². The molecule has 0 atom stereocenters. The number of ether oxygens (including phenoxy) is 1. The normalized spacial score (nSPS) is 11.2. The number of nitro benzene ring substituents is 2. The van der Waals surface area contributed by atoms with E-state index in [1.54, 1.807) is 13.8 Å². The first-order chi connectivity index (χ1) is 10.1. The summed E-state index contributed by atoms with van der Waals surface area (Å²) in [5.74, 6) is -0.502. The maximum Gasteiger partial charge on any atom is 0.303 e. The largest absolute Gasteiger partial charge is 0.454 e. The second-order valence-electron chi connectivity index (χ2n) is 4.78. The fourth-order valence-electron chi connectivity index (χ4n) is 1.53. The molecular formula is C12H14N4O6. The van der Waals surface area contributed by atoms with E-state index in [1.165, 1.54) is 19.2 Å². The Balaban J connectivity index is 2.96. The highest BCUT2D eigenvalue weighted by molar-refractivity contribution is 5.75. The molecule has 0 aromatic heterocycles. The molecule has 0 saturated carbocycles. The van der Waals surface area contributed by atoms with Crippen LogP contribution in [0.25, 0.3) is 0 Å². The second kappa shape index (κ2) is 6.61. The summed E-state index contributed by atoms with van der Waals surface area (Å²) < 4.78 is 4.95. The lowest BCUT2D eigenvalue weighted by Gasteiger charge is -2.18. The van der Waals surface area contributed by atoms with Crippen molar-refractivity contribution in [1.29, 1.82) is 0 Å². The molecule has 118 valence electrons. The van der Waals surface area contributed by atoms with Gasteiger partial charge in [-0.3, -0.25) is 30.4 Å². The minimum atomic E-state index is -1.01. The van der Waals surface area contributed by atoms with Gasteiger partial charge in [0.15, 0.2) is 0 Å². The molecule has 1 aromatic carbocycles. The lowest BCUT2D eigenvalue weighted by Crippen LogP contribution is -2.28. The molecule has 0 bridgehead atoms. The first-order valence-corrected chi connectivity index (χ1v) is 6.05. The molecule has 1 rings (SSSR count). The van der Waals surface area contributed by atoms with Crippen LogP contribution in [-0.2, 0) is 9.53 Å². The zero-order chi connectivity index (χ0) is 16.9. The number of carbonyl (C=O) groups is 1. The molecule has 22 heavy (non-hydrogen) atoms. The Morgan fingerprint density at radius 3 is 2.45 bits per heavy atom. The molecule has 0 aliphatic rings. The van der Waals surface area contributed by atoms with Crippen molar-refractivity contribution >= 4 is 29.2 Å². The summed E-state index contributed by atoms with van der Waals surface area (Å²) in [5.41, 5.74) is 0.485. The number of nitrogens with one attached hydrogen (secondary N) is 1. The van der Waals surface area contributed by atoms with Crippen LogP contribution in [0.3, 0.4) is 0 Å². The van der Waals surface area contributed by atoms with Gasteiger partial charge in [-0.25, -0.2) is 0 Å². The highest BCUT2D eigenvalue weighted by Crippen LogP contribution is 2.28. The second-order valence-corrected chi connectivity index (χ2v) is 4.78. The molecule has 0 aliphatic heterocycles. The Labute approximate surface area is 125 Å². The number of benzene rings is 1. The molecule has 10 nitrogen and oxygen atoms in total. The summed E-state index contributed by atoms with van der Waals surface area (Å²) in [7, 11) is 0. The summed E-state index contributed by atoms with van der Waals surface area (Å²) in [6.07, 6.45) is 1.25. The Hall–Kier alpha value is -3.04. The summed E-state index contributed by atoms with van der Waals surface area (Å²) >= 11 is 0. The molecule has 0 fully saturated rings. The first-order valence-electron chi connectivity index (χ1n) is 6.05. The molecule has 1 N–H and O–H groups in total. The number of esters is 1. The minimum Gasteiger partial charge on any atom is -0.454 e. The monoisotopic (exact) mass is 310 g/mol. The van der Waals surface area contributed by atoms with Crippen molar-refractivity contribution in [2.24, 2.45) is 5.10 Å². The number of hydrogen-bond acceptors (Lipinski definition) is 8. The number of rotatable bonds is 6. The van der Waals surface area contributed by atoms with Gasteiger partial charge < -0.3 is 4.74 Å². The molecule has 0 unspecified atom stereocenters. The van der Waals surface area contributed by atoms with E-state index in [4.69, 9.17) is 4.74 Å². The maximum absolute atomic E-state index is 10.9. The number of anilines is 1. The van der Waals surface area contributed by atoms with Gasteiger partial charge in [-0.15, -0.1) is 0 Å². The smallest absolute Gasteiger partial charge is 0.303 e. The van der Waals surface area contributed by atoms with Crippen LogP contribution in [0.2, 0.25) is 0 Å². The van der Waals surface area contributed by atoms with Gasteiger partial charge in [-0.05, 0) is 19.9 Å². The molecule has 0 radical (unpaired) electrons. The molecule has 1 aromatic rings. The summed E-state index contributed by atoms with van der Waals surface area (Å²) in [5, 5.41) is 25.3. The van der Waals surface area contributed by atoms with E-state index < -0.39 is 32.8 Å². The van der Waals surface area contributed by atoms with Gasteiger partial charge in [-0.1, -0.05) is 0 Å². The van der Waals surface area contributed by atoms with Gasteiger partial charge in [0, 0.05) is 13.0 Å². The molecule has 0 spiro atoms. The van der Waals surface area contributed by atoms with Crippen molar-refractivity contribution in [2.75, 3.05) is 5.43 Å². The Morgan fingerprint density at radius 1 is 1.32 bits per heavy atom. The zero-order valence-electron chi connectivity index (χ0n) is 12.1. The van der Waals surface area contributed by atoms with Gasteiger partial charge in [0.2, 0.25) is 0 Å². The molecule has 0 heterocycles. The molecular weight excluding hydrogens is 296 g/mol. The summed E-state index contributed by atoms with van der Waals surface area (Å²) in [6, 6.07) is 3.11. The van der Waals surface area contributed by atoms with Crippen molar-refractivity contribution < 1.29 is 19.4 Å². The fraction of sp³-hybridized carbons (Fsp3) is 0.333. The van der Waals surface area contributed by atoms with Crippen LogP contribution >= 0.6 is 0 Å². The Bertz CT molecular complexity index is 641. The summed E-state index contributed by atoms with van der Waals surface area (Å²) in [6.45, 7) is 4.39. The highest BCUT2D eigenvalue weighted by atomic mass is 16.6. The molecule has 0 amide bonds. The lowest BCUT2D eigenvalue weighted by atomic mass is 10.2. The fourth-order valence-corrected chi connectivity index (χ4v) is 1.53. The van der Waals surface area contributed by atoms with Gasteiger partial charge in [0.05, 0.1) is 22.1 Å². The third kappa shape index (κ3) is 4.81. The quantitative estimate of drug-likeness (QED) is 0.368. The molecule has 10 heteroatoms. The number of nitro groups is 2. The first kappa shape index (κ1) is 17.0. The van der Waals surface area contributed by atoms with Gasteiger partial charge in [-0.2, -0.15) is 5.10 Å². The van der Waals surface area contributed by atoms with E-state index in [0.29, 0.717) is 0 Å². The highest BCUT2D eigenvalue weighted by Gasteiger charge is 2.20. The van der Waals surface area contributed by atoms with Gasteiger partial charge in [0.25, 0.3) is 5.69 Å². The van der Waals surface area contributed by atoms with Crippen LogP contribution in [-0.4, -0.2) is 27.6 Å². The predicted molar refractivity (Wildman–Crippen MR) is 77.7 cm³/mol. The van der Waals surface area contributed by atoms with Crippen molar-refractivity contribution in [1.82, 2.24) is 0 Å². The number of hydrogen-bond donors (Lipinski definition) is 1. The van der Waals surface area contributed by atoms with Crippen LogP contribution in [0.4, 0.5) is 17.1 Å². The zero-order valence-corrected chi connectivity index (χ0v) is 12.1. The minimum absolute atomic E-state index is 0.0227. The van der Waals surface area contributed by atoms with Crippen LogP contribution in [0.5, 0.6) is 0 Å². The number of non-ortho nitro benzene ring substituents is 1. The van der Waals surface area contributed by atoms with Crippen LogP contribution in [0, 0.1) is 20.2 Å². The van der Waals surface area contributed by atoms with Gasteiger partial charge >= 0.3 is 11.7 Å². The van der Waals surface area contributed by atoms with Gasteiger partial charge in [0.1, 0.15) is 11.3 Å². The van der Waals surface area contributed by atoms with E-state index in [0.717, 1.165) is 12.1 Å². The number of nitrogens with zero attached hydrogens (tertiary/aromatic N) is 3. The number of hydrazone groups is 1. The van der Waals surface area contributed by atoms with Crippen LogP contribution in [0.15, 0.2) is 23.3 Å². The van der Waals surface area contributed by atoms with E-state index in [-0.39, 0.29) is 5.69 Å². The molecule has 0 aliphatic carbocycles. The standard InChI is InChI=1S/C12H14N4O6/c1-8(17)22-12(2,3)7-13-14-10-5-4-9(15(18)19)6-11(10)16(20)21/h4-7,14H,1-3H3/b13-7+. The molecule has 0 saturated heterocycles. The Kier molecular flexibility index (Phi) is 5.11. The maximum atomic E-state index is 10.9. The third-order valence-electron chi connectivity index (χ3n) is 2.36. The topological polar surface area (TPSA) is 137 Å². The van der Waals surface area contributed by atoms with Crippen molar-refractivity contribution in [3.05, 3.63) is 38.4 Å². The average molecular weight is 310 g/mol. The predicted octanol–water partition coefficient (Wildman–Crippen LogP) is 2.24. The van der Waals surface area contributed by atoms with Crippen LogP contribution < -0.4 is 5.43 Å². The average Bonchev–Trinajstić information content (AvgIpc) is 2.36. The SMILES string of the molecule is CC(=O)OC(C)(C)/C=N/Nc1ccc([N+](=O)[O-])cc1[N+](=O)[O-]. The van der Waals surface area contributed by atoms with Crippen LogP contribution in [0.1, 0.15) is 20.8 Å². The van der Waals surface area contributed by atoms with Crippen molar-refractivity contribution in [3.63, 3.8) is 0 Å². The van der Waals surface area contributed by atoms with Crippen molar-refractivity contribution in [2.45, 2.75) is 26.4 Å². The van der Waals surface area contributed by atoms with Crippen molar-refractivity contribution in [3.8, 4) is 0 Å². The van der Waals surface area contributed by atoms with E-state index in [9.17, 15) is 25.0 Å². The summed E-state index contributed by atoms with van der Waals surface area (Å²) in [4.78, 5) is 30.9. The van der Waals surface area contributed by atoms with E-state index in [1.807, 2.05) is 0 Å². The number of carbonyl (C=O) groups excluding carboxylic acids is 1. The van der Waals surface area contributed by atoms with E-state index in [2.05, 4.69) is 10.5 Å². The lowest BCUT2D eigenvalue weighted by molar-refractivity contribution is -0.393. The third-order valence-corrected chi connectivity index (χ3v) is 2.36. The Morgan fingerprint density at radius 2 is 1.95 bits per heavy atom.